The molecule has 0 aliphatic heterocycles. The van der Waals surface area contributed by atoms with E-state index in [-0.39, 0.29) is 17.5 Å². The SMILES string of the molecule is CCn1c(CCCc2ccc(OC)c(C)c2)nnc1SCC(=O)Nc1cccc(F)c1. The number of amides is 1. The summed E-state index contributed by atoms with van der Waals surface area (Å²) in [6, 6.07) is 12.1. The van der Waals surface area contributed by atoms with Crippen LogP contribution >= 0.6 is 11.8 Å². The first-order chi connectivity index (χ1) is 15.0. The average molecular weight is 443 g/mol. The molecule has 1 N–H and O–H groups in total. The lowest BCUT2D eigenvalue weighted by Gasteiger charge is -2.09. The van der Waals surface area contributed by atoms with Gasteiger partial charge >= 0.3 is 0 Å². The smallest absolute Gasteiger partial charge is 0.234 e. The third-order valence-corrected chi connectivity index (χ3v) is 5.84. The summed E-state index contributed by atoms with van der Waals surface area (Å²) in [7, 11) is 1.68. The largest absolute Gasteiger partial charge is 0.496 e. The molecule has 0 spiro atoms. The van der Waals surface area contributed by atoms with E-state index in [1.54, 1.807) is 19.2 Å². The van der Waals surface area contributed by atoms with Crippen LogP contribution in [0.5, 0.6) is 5.75 Å². The van der Waals surface area contributed by atoms with Gasteiger partial charge in [-0.05, 0) is 62.1 Å². The first kappa shape index (κ1) is 22.8. The zero-order chi connectivity index (χ0) is 22.2. The molecule has 164 valence electrons. The van der Waals surface area contributed by atoms with Crippen molar-refractivity contribution in [2.45, 2.75) is 44.8 Å². The summed E-state index contributed by atoms with van der Waals surface area (Å²) < 4.78 is 20.6. The number of carbonyl (C=O) groups excluding carboxylic acids is 1. The first-order valence-corrected chi connectivity index (χ1v) is 11.2. The topological polar surface area (TPSA) is 69.0 Å². The summed E-state index contributed by atoms with van der Waals surface area (Å²) in [5, 5.41) is 12.0. The predicted molar refractivity (Wildman–Crippen MR) is 121 cm³/mol. The van der Waals surface area contributed by atoms with Crippen LogP contribution < -0.4 is 10.1 Å². The number of nitrogens with zero attached hydrogens (tertiary/aromatic N) is 3. The van der Waals surface area contributed by atoms with E-state index in [0.29, 0.717) is 10.8 Å². The summed E-state index contributed by atoms with van der Waals surface area (Å²) in [5.41, 5.74) is 2.84. The Hall–Kier alpha value is -2.87. The van der Waals surface area contributed by atoms with Gasteiger partial charge in [0, 0.05) is 18.7 Å². The van der Waals surface area contributed by atoms with Crippen LogP contribution in [-0.4, -0.2) is 33.5 Å². The maximum absolute atomic E-state index is 13.3. The van der Waals surface area contributed by atoms with Crippen LogP contribution in [0.25, 0.3) is 0 Å². The molecule has 0 atom stereocenters. The molecule has 0 aliphatic carbocycles. The number of rotatable bonds is 10. The lowest BCUT2D eigenvalue weighted by atomic mass is 10.0. The Morgan fingerprint density at radius 2 is 2.03 bits per heavy atom. The fourth-order valence-corrected chi connectivity index (χ4v) is 4.19. The molecule has 0 saturated carbocycles. The number of thioether (sulfide) groups is 1. The Bertz CT molecular complexity index is 1040. The predicted octanol–water partition coefficient (Wildman–Crippen LogP) is 4.66. The molecule has 8 heteroatoms. The van der Waals surface area contributed by atoms with Crippen molar-refractivity contribution in [3.63, 3.8) is 0 Å². The molecule has 0 saturated heterocycles. The molecule has 0 fully saturated rings. The molecule has 0 unspecified atom stereocenters. The van der Waals surface area contributed by atoms with Crippen molar-refractivity contribution in [2.75, 3.05) is 18.2 Å². The van der Waals surface area contributed by atoms with Gasteiger partial charge in [-0.2, -0.15) is 0 Å². The van der Waals surface area contributed by atoms with E-state index in [0.717, 1.165) is 42.9 Å². The van der Waals surface area contributed by atoms with Crippen molar-refractivity contribution in [3.8, 4) is 5.75 Å². The highest BCUT2D eigenvalue weighted by Gasteiger charge is 2.13. The second-order valence-electron chi connectivity index (χ2n) is 7.15. The maximum Gasteiger partial charge on any atom is 0.234 e. The van der Waals surface area contributed by atoms with Crippen LogP contribution in [0.4, 0.5) is 10.1 Å². The standard InChI is InChI=1S/C23H27FN4O2S/c1-4-28-21(10-5-7-17-11-12-20(30-3)16(2)13-17)26-27-23(28)31-15-22(29)25-19-9-6-8-18(24)14-19/h6,8-9,11-14H,4-5,7,10,15H2,1-3H3,(H,25,29). The fraction of sp³-hybridized carbons (Fsp3) is 0.348. The second kappa shape index (κ2) is 10.9. The number of ether oxygens (including phenoxy) is 1. The normalized spacial score (nSPS) is 10.8. The minimum atomic E-state index is -0.384. The maximum atomic E-state index is 13.3. The van der Waals surface area contributed by atoms with Crippen LogP contribution in [0.15, 0.2) is 47.6 Å². The highest BCUT2D eigenvalue weighted by Crippen LogP contribution is 2.21. The van der Waals surface area contributed by atoms with E-state index in [9.17, 15) is 9.18 Å². The number of benzene rings is 2. The van der Waals surface area contributed by atoms with E-state index < -0.39 is 0 Å². The van der Waals surface area contributed by atoms with Crippen LogP contribution in [0.3, 0.4) is 0 Å². The minimum Gasteiger partial charge on any atom is -0.496 e. The number of hydrogen-bond donors (Lipinski definition) is 1. The number of carbonyl (C=O) groups is 1. The van der Waals surface area contributed by atoms with Crippen molar-refractivity contribution in [1.82, 2.24) is 14.8 Å². The van der Waals surface area contributed by atoms with Crippen LogP contribution in [0, 0.1) is 12.7 Å². The summed E-state index contributed by atoms with van der Waals surface area (Å²) >= 11 is 1.33. The third kappa shape index (κ3) is 6.30. The number of methoxy groups -OCH3 is 1. The van der Waals surface area contributed by atoms with Crippen LogP contribution in [0.2, 0.25) is 0 Å². The van der Waals surface area contributed by atoms with Gasteiger partial charge in [-0.1, -0.05) is 30.0 Å². The molecule has 3 aromatic rings. The number of halogens is 1. The number of nitrogens with one attached hydrogen (secondary N) is 1. The van der Waals surface area contributed by atoms with Gasteiger partial charge in [0.1, 0.15) is 17.4 Å². The summed E-state index contributed by atoms with van der Waals surface area (Å²) in [4.78, 5) is 12.2. The van der Waals surface area contributed by atoms with E-state index in [1.165, 1.54) is 29.5 Å². The molecule has 6 nitrogen and oxygen atoms in total. The number of hydrogen-bond acceptors (Lipinski definition) is 5. The van der Waals surface area contributed by atoms with Gasteiger partial charge in [-0.15, -0.1) is 10.2 Å². The lowest BCUT2D eigenvalue weighted by molar-refractivity contribution is -0.113. The molecular formula is C23H27FN4O2S. The lowest BCUT2D eigenvalue weighted by Crippen LogP contribution is -2.15. The highest BCUT2D eigenvalue weighted by molar-refractivity contribution is 7.99. The van der Waals surface area contributed by atoms with Crippen LogP contribution in [0.1, 0.15) is 30.3 Å². The molecule has 0 radical (unpaired) electrons. The summed E-state index contributed by atoms with van der Waals surface area (Å²) in [5.74, 6) is 1.40. The Labute approximate surface area is 186 Å². The van der Waals surface area contributed by atoms with E-state index >= 15 is 0 Å². The minimum absolute atomic E-state index is 0.180. The van der Waals surface area contributed by atoms with Crippen molar-refractivity contribution in [3.05, 3.63) is 65.2 Å². The van der Waals surface area contributed by atoms with Crippen molar-refractivity contribution in [1.29, 1.82) is 0 Å². The Balaban J connectivity index is 1.52. The number of aryl methyl sites for hydroxylation is 3. The van der Waals surface area contributed by atoms with E-state index in [1.807, 2.05) is 24.5 Å². The van der Waals surface area contributed by atoms with E-state index in [2.05, 4.69) is 27.6 Å². The highest BCUT2D eigenvalue weighted by atomic mass is 32.2. The van der Waals surface area contributed by atoms with Gasteiger partial charge < -0.3 is 14.6 Å². The van der Waals surface area contributed by atoms with Crippen LogP contribution in [-0.2, 0) is 24.2 Å². The Morgan fingerprint density at radius 1 is 1.19 bits per heavy atom. The molecule has 31 heavy (non-hydrogen) atoms. The van der Waals surface area contributed by atoms with Gasteiger partial charge in [-0.25, -0.2) is 4.39 Å². The third-order valence-electron chi connectivity index (χ3n) is 4.88. The molecule has 1 amide bonds. The molecule has 2 aromatic carbocycles. The number of anilines is 1. The van der Waals surface area contributed by atoms with Gasteiger partial charge in [0.15, 0.2) is 5.16 Å². The fourth-order valence-electron chi connectivity index (χ4n) is 3.37. The molecule has 1 aromatic heterocycles. The van der Waals surface area contributed by atoms with Crippen molar-refractivity contribution < 1.29 is 13.9 Å². The van der Waals surface area contributed by atoms with Gasteiger partial charge in [0.2, 0.25) is 5.91 Å². The number of aromatic nitrogens is 3. The average Bonchev–Trinajstić information content (AvgIpc) is 3.14. The van der Waals surface area contributed by atoms with E-state index in [4.69, 9.17) is 4.74 Å². The quantitative estimate of drug-likeness (QED) is 0.463. The Morgan fingerprint density at radius 3 is 2.74 bits per heavy atom. The monoisotopic (exact) mass is 442 g/mol. The first-order valence-electron chi connectivity index (χ1n) is 10.2. The zero-order valence-corrected chi connectivity index (χ0v) is 18.8. The van der Waals surface area contributed by atoms with Crippen molar-refractivity contribution in [2.24, 2.45) is 0 Å². The molecule has 3 rings (SSSR count). The van der Waals surface area contributed by atoms with Gasteiger partial charge in [-0.3, -0.25) is 4.79 Å². The van der Waals surface area contributed by atoms with Gasteiger partial charge in [0.25, 0.3) is 0 Å². The zero-order valence-electron chi connectivity index (χ0n) is 18.0. The molecule has 1 heterocycles. The van der Waals surface area contributed by atoms with Gasteiger partial charge in [0.05, 0.1) is 12.9 Å². The molecule has 0 bridgehead atoms. The summed E-state index contributed by atoms with van der Waals surface area (Å²) in [6.45, 7) is 4.82. The van der Waals surface area contributed by atoms with Crippen molar-refractivity contribution >= 4 is 23.4 Å². The Kier molecular flexibility index (Phi) is 8.06. The second-order valence-corrected chi connectivity index (χ2v) is 8.09. The summed E-state index contributed by atoms with van der Waals surface area (Å²) in [6.07, 6.45) is 2.70. The molecular weight excluding hydrogens is 415 g/mol. The molecule has 0 aliphatic rings.